The van der Waals surface area contributed by atoms with Crippen molar-refractivity contribution in [3.63, 3.8) is 0 Å². The van der Waals surface area contributed by atoms with Gasteiger partial charge in [-0.1, -0.05) is 17.7 Å². The van der Waals surface area contributed by atoms with Crippen LogP contribution < -0.4 is 5.32 Å². The molecule has 0 aromatic heterocycles. The Balaban J connectivity index is 2.22. The van der Waals surface area contributed by atoms with Gasteiger partial charge in [0.1, 0.15) is 12.1 Å². The van der Waals surface area contributed by atoms with Crippen LogP contribution in [-0.2, 0) is 19.6 Å². The van der Waals surface area contributed by atoms with Gasteiger partial charge in [0.2, 0.25) is 15.9 Å². The summed E-state index contributed by atoms with van der Waals surface area (Å²) in [6.07, 6.45) is 0.938. The van der Waals surface area contributed by atoms with Crippen molar-refractivity contribution in [2.45, 2.75) is 43.7 Å². The number of nitrogens with one attached hydrogen (secondary N) is 1. The maximum absolute atomic E-state index is 12.7. The highest BCUT2D eigenvalue weighted by Gasteiger charge is 2.40. The first-order valence-electron chi connectivity index (χ1n) is 7.35. The molecule has 23 heavy (non-hydrogen) atoms. The van der Waals surface area contributed by atoms with Crippen molar-refractivity contribution in [1.82, 2.24) is 9.62 Å². The minimum atomic E-state index is -3.78. The zero-order chi connectivity index (χ0) is 17.2. The van der Waals surface area contributed by atoms with E-state index in [1.807, 2.05) is 6.92 Å². The van der Waals surface area contributed by atoms with Crippen LogP contribution in [0.25, 0.3) is 0 Å². The van der Waals surface area contributed by atoms with Gasteiger partial charge in [-0.05, 0) is 38.8 Å². The van der Waals surface area contributed by atoms with E-state index in [4.69, 9.17) is 5.11 Å². The maximum Gasteiger partial charge on any atom is 0.325 e. The molecule has 0 bridgehead atoms. The summed E-state index contributed by atoms with van der Waals surface area (Å²) in [7, 11) is -3.78. The van der Waals surface area contributed by atoms with Crippen LogP contribution >= 0.6 is 0 Å². The van der Waals surface area contributed by atoms with Crippen LogP contribution in [0.3, 0.4) is 0 Å². The molecule has 0 radical (unpaired) electrons. The molecule has 1 heterocycles. The van der Waals surface area contributed by atoms with Crippen LogP contribution in [0.15, 0.2) is 29.2 Å². The van der Waals surface area contributed by atoms with Crippen molar-refractivity contribution in [2.24, 2.45) is 0 Å². The standard InChI is InChI=1S/C15H20N2O5S/c1-10-5-7-12(8-6-10)23(21,22)17-9-3-4-13(17)14(18)16-11(2)15(19)20/h5-8,11,13H,3-4,9H2,1-2H3,(H,16,18)(H,19,20)/t11?,13-/m1/s1. The number of rotatable bonds is 5. The lowest BCUT2D eigenvalue weighted by molar-refractivity contribution is -0.141. The Labute approximate surface area is 135 Å². The molecule has 2 atom stereocenters. The molecule has 1 unspecified atom stereocenters. The van der Waals surface area contributed by atoms with Gasteiger partial charge in [0.05, 0.1) is 4.90 Å². The third-order valence-corrected chi connectivity index (χ3v) is 5.79. The van der Waals surface area contributed by atoms with Gasteiger partial charge in [0.15, 0.2) is 0 Å². The van der Waals surface area contributed by atoms with Crippen molar-refractivity contribution in [3.05, 3.63) is 29.8 Å². The lowest BCUT2D eigenvalue weighted by atomic mass is 10.2. The number of carboxylic acid groups (broad SMARTS) is 1. The number of benzene rings is 1. The van der Waals surface area contributed by atoms with E-state index in [0.29, 0.717) is 12.8 Å². The summed E-state index contributed by atoms with van der Waals surface area (Å²) in [5.41, 5.74) is 0.940. The van der Waals surface area contributed by atoms with Crippen LogP contribution in [0.1, 0.15) is 25.3 Å². The number of carboxylic acids is 1. The molecular weight excluding hydrogens is 320 g/mol. The smallest absolute Gasteiger partial charge is 0.325 e. The molecular formula is C15H20N2O5S. The lowest BCUT2D eigenvalue weighted by Crippen LogP contribution is -2.49. The van der Waals surface area contributed by atoms with Gasteiger partial charge in [-0.15, -0.1) is 0 Å². The summed E-state index contributed by atoms with van der Waals surface area (Å²) in [6.45, 7) is 3.44. The van der Waals surface area contributed by atoms with Crippen LogP contribution in [-0.4, -0.2) is 48.3 Å². The Morgan fingerprint density at radius 3 is 2.48 bits per heavy atom. The first-order chi connectivity index (χ1) is 10.7. The zero-order valence-corrected chi connectivity index (χ0v) is 13.8. The van der Waals surface area contributed by atoms with Crippen molar-refractivity contribution in [1.29, 1.82) is 0 Å². The minimum absolute atomic E-state index is 0.133. The minimum Gasteiger partial charge on any atom is -0.480 e. The highest BCUT2D eigenvalue weighted by molar-refractivity contribution is 7.89. The van der Waals surface area contributed by atoms with E-state index in [2.05, 4.69) is 5.32 Å². The van der Waals surface area contributed by atoms with E-state index in [0.717, 1.165) is 9.87 Å². The lowest BCUT2D eigenvalue weighted by Gasteiger charge is -2.24. The molecule has 1 aliphatic heterocycles. The van der Waals surface area contributed by atoms with Gasteiger partial charge in [-0.3, -0.25) is 9.59 Å². The number of carbonyl (C=O) groups excluding carboxylic acids is 1. The highest BCUT2D eigenvalue weighted by atomic mass is 32.2. The number of sulfonamides is 1. The fraction of sp³-hybridized carbons (Fsp3) is 0.467. The SMILES string of the molecule is Cc1ccc(S(=O)(=O)N2CCC[C@@H]2C(=O)NC(C)C(=O)O)cc1. The normalized spacial score (nSPS) is 20.2. The molecule has 2 N–H and O–H groups in total. The van der Waals surface area contributed by atoms with Crippen molar-refractivity contribution in [2.75, 3.05) is 6.54 Å². The molecule has 1 amide bonds. The molecule has 0 saturated carbocycles. The summed E-state index contributed by atoms with van der Waals surface area (Å²) in [6, 6.07) is 4.49. The van der Waals surface area contributed by atoms with E-state index >= 15 is 0 Å². The van der Waals surface area contributed by atoms with Gasteiger partial charge >= 0.3 is 5.97 Å². The third-order valence-electron chi connectivity index (χ3n) is 3.86. The van der Waals surface area contributed by atoms with Crippen LogP contribution in [0.4, 0.5) is 0 Å². The number of hydrogen-bond acceptors (Lipinski definition) is 4. The van der Waals surface area contributed by atoms with Gasteiger partial charge in [-0.25, -0.2) is 8.42 Å². The fourth-order valence-electron chi connectivity index (χ4n) is 2.51. The quantitative estimate of drug-likeness (QED) is 0.823. The first-order valence-corrected chi connectivity index (χ1v) is 8.79. The Kier molecular flexibility index (Phi) is 5.06. The predicted molar refractivity (Wildman–Crippen MR) is 83.3 cm³/mol. The highest BCUT2D eigenvalue weighted by Crippen LogP contribution is 2.26. The molecule has 126 valence electrons. The van der Waals surface area contributed by atoms with Gasteiger partial charge < -0.3 is 10.4 Å². The maximum atomic E-state index is 12.7. The van der Waals surface area contributed by atoms with Crippen molar-refractivity contribution in [3.8, 4) is 0 Å². The molecule has 0 aliphatic carbocycles. The summed E-state index contributed by atoms with van der Waals surface area (Å²) < 4.78 is 26.6. The second kappa shape index (κ2) is 6.67. The van der Waals surface area contributed by atoms with Crippen LogP contribution in [0, 0.1) is 6.92 Å². The number of carbonyl (C=O) groups is 2. The van der Waals surface area contributed by atoms with Gasteiger partial charge in [0.25, 0.3) is 0 Å². The number of aliphatic carboxylic acids is 1. The molecule has 1 fully saturated rings. The molecule has 7 nitrogen and oxygen atoms in total. The topological polar surface area (TPSA) is 104 Å². The Hall–Kier alpha value is -1.93. The molecule has 1 aromatic carbocycles. The average Bonchev–Trinajstić information content (AvgIpc) is 2.97. The van der Waals surface area contributed by atoms with E-state index in [-0.39, 0.29) is 11.4 Å². The number of aryl methyl sites for hydroxylation is 1. The number of nitrogens with zero attached hydrogens (tertiary/aromatic N) is 1. The van der Waals surface area contributed by atoms with Crippen LogP contribution in [0.2, 0.25) is 0 Å². The van der Waals surface area contributed by atoms with Gasteiger partial charge in [0, 0.05) is 6.54 Å². The number of hydrogen-bond donors (Lipinski definition) is 2. The molecule has 2 rings (SSSR count). The van der Waals surface area contributed by atoms with Crippen LogP contribution in [0.5, 0.6) is 0 Å². The third kappa shape index (κ3) is 3.70. The zero-order valence-electron chi connectivity index (χ0n) is 13.0. The summed E-state index contributed by atoms with van der Waals surface area (Å²) in [5, 5.41) is 11.2. The Bertz CT molecular complexity index is 699. The largest absolute Gasteiger partial charge is 0.480 e. The molecule has 1 aliphatic rings. The Morgan fingerprint density at radius 1 is 1.30 bits per heavy atom. The average molecular weight is 340 g/mol. The van der Waals surface area contributed by atoms with Crippen molar-refractivity contribution >= 4 is 21.9 Å². The van der Waals surface area contributed by atoms with E-state index in [1.54, 1.807) is 12.1 Å². The summed E-state index contributed by atoms with van der Waals surface area (Å²) in [4.78, 5) is 23.2. The van der Waals surface area contributed by atoms with Gasteiger partial charge in [-0.2, -0.15) is 4.31 Å². The van der Waals surface area contributed by atoms with E-state index in [1.165, 1.54) is 19.1 Å². The van der Waals surface area contributed by atoms with Crippen molar-refractivity contribution < 1.29 is 23.1 Å². The molecule has 1 saturated heterocycles. The first kappa shape index (κ1) is 17.4. The Morgan fingerprint density at radius 2 is 1.91 bits per heavy atom. The van der Waals surface area contributed by atoms with E-state index in [9.17, 15) is 18.0 Å². The van der Waals surface area contributed by atoms with E-state index < -0.39 is 34.0 Å². The fourth-order valence-corrected chi connectivity index (χ4v) is 4.16. The number of amides is 1. The molecule has 0 spiro atoms. The summed E-state index contributed by atoms with van der Waals surface area (Å²) >= 11 is 0. The summed E-state index contributed by atoms with van der Waals surface area (Å²) in [5.74, 6) is -1.74. The second-order valence-corrected chi connectivity index (χ2v) is 7.55. The molecule has 8 heteroatoms. The monoisotopic (exact) mass is 340 g/mol. The second-order valence-electron chi connectivity index (χ2n) is 5.66. The predicted octanol–water partition coefficient (Wildman–Crippen LogP) is 0.737. The molecule has 1 aromatic rings.